The van der Waals surface area contributed by atoms with Crippen LogP contribution in [0.25, 0.3) is 10.9 Å². The van der Waals surface area contributed by atoms with Crippen LogP contribution in [0.5, 0.6) is 0 Å². The minimum Gasteiger partial charge on any atom is -0.335 e. The molecule has 1 aliphatic carbocycles. The zero-order chi connectivity index (χ0) is 20.2. The predicted molar refractivity (Wildman–Crippen MR) is 114 cm³/mol. The van der Waals surface area contributed by atoms with E-state index in [2.05, 4.69) is 29.0 Å². The zero-order valence-electron chi connectivity index (χ0n) is 16.8. The van der Waals surface area contributed by atoms with Crippen LogP contribution >= 0.6 is 0 Å². The monoisotopic (exact) mass is 389 g/mol. The number of aromatic amines is 1. The number of carbonyl (C=O) groups is 1. The molecule has 0 bridgehead atoms. The van der Waals surface area contributed by atoms with Gasteiger partial charge in [-0.05, 0) is 49.8 Å². The van der Waals surface area contributed by atoms with E-state index in [0.717, 1.165) is 5.56 Å². The summed E-state index contributed by atoms with van der Waals surface area (Å²) in [6.45, 7) is 2.82. The van der Waals surface area contributed by atoms with Gasteiger partial charge in [-0.25, -0.2) is 4.98 Å². The highest BCUT2D eigenvalue weighted by atomic mass is 16.2. The van der Waals surface area contributed by atoms with Crippen molar-refractivity contribution in [3.8, 4) is 0 Å². The second-order valence-corrected chi connectivity index (χ2v) is 7.97. The number of rotatable bonds is 8. The van der Waals surface area contributed by atoms with E-state index < -0.39 is 0 Å². The summed E-state index contributed by atoms with van der Waals surface area (Å²) in [5, 5.41) is 0.597. The number of aryl methyl sites for hydroxylation is 1. The largest absolute Gasteiger partial charge is 0.335 e. The van der Waals surface area contributed by atoms with Gasteiger partial charge in [0.2, 0.25) is 5.91 Å². The van der Waals surface area contributed by atoms with Gasteiger partial charge in [-0.1, -0.05) is 42.5 Å². The Bertz CT molecular complexity index is 1040. The smallest absolute Gasteiger partial charge is 0.258 e. The van der Waals surface area contributed by atoms with E-state index in [0.29, 0.717) is 48.5 Å². The summed E-state index contributed by atoms with van der Waals surface area (Å²) in [7, 11) is 0. The molecule has 1 aromatic heterocycles. The third kappa shape index (κ3) is 4.73. The van der Waals surface area contributed by atoms with Gasteiger partial charge in [-0.15, -0.1) is 0 Å². The molecule has 0 aliphatic heterocycles. The first kappa shape index (κ1) is 19.4. The van der Waals surface area contributed by atoms with Crippen molar-refractivity contribution < 1.29 is 4.79 Å². The normalized spacial score (nSPS) is 14.7. The number of para-hydroxylation sites is 1. The molecule has 2 aromatic carbocycles. The maximum absolute atomic E-state index is 13.0. The third-order valence-corrected chi connectivity index (χ3v) is 5.78. The fourth-order valence-corrected chi connectivity index (χ4v) is 3.88. The zero-order valence-corrected chi connectivity index (χ0v) is 16.8. The van der Waals surface area contributed by atoms with E-state index in [1.54, 1.807) is 6.07 Å². The van der Waals surface area contributed by atoms with Crippen LogP contribution in [0.3, 0.4) is 0 Å². The Morgan fingerprint density at radius 3 is 2.62 bits per heavy atom. The maximum atomic E-state index is 13.0. The number of benzene rings is 2. The van der Waals surface area contributed by atoms with E-state index in [1.165, 1.54) is 12.8 Å². The van der Waals surface area contributed by atoms with Crippen LogP contribution in [0.1, 0.15) is 44.0 Å². The Kier molecular flexibility index (Phi) is 5.74. The predicted octanol–water partition coefficient (Wildman–Crippen LogP) is 4.07. The minimum atomic E-state index is -0.120. The number of nitrogens with one attached hydrogen (secondary N) is 1. The number of amides is 1. The lowest BCUT2D eigenvalue weighted by molar-refractivity contribution is -0.134. The summed E-state index contributed by atoms with van der Waals surface area (Å²) < 4.78 is 0. The minimum absolute atomic E-state index is 0.120. The second kappa shape index (κ2) is 8.60. The van der Waals surface area contributed by atoms with E-state index in [-0.39, 0.29) is 17.5 Å². The van der Waals surface area contributed by atoms with E-state index in [4.69, 9.17) is 0 Å². The molecule has 0 radical (unpaired) electrons. The summed E-state index contributed by atoms with van der Waals surface area (Å²) in [5.41, 5.74) is 1.74. The average Bonchev–Trinajstić information content (AvgIpc) is 3.58. The molecule has 150 valence electrons. The van der Waals surface area contributed by atoms with Gasteiger partial charge in [0.05, 0.1) is 10.9 Å². The quantitative estimate of drug-likeness (QED) is 0.631. The fraction of sp³-hybridized carbons (Fsp3) is 0.375. The third-order valence-electron chi connectivity index (χ3n) is 5.78. The lowest BCUT2D eigenvalue weighted by Gasteiger charge is -2.30. The molecule has 0 saturated heterocycles. The Labute approximate surface area is 170 Å². The van der Waals surface area contributed by atoms with Gasteiger partial charge < -0.3 is 9.88 Å². The Morgan fingerprint density at radius 2 is 1.86 bits per heavy atom. The molecule has 1 fully saturated rings. The van der Waals surface area contributed by atoms with Gasteiger partial charge in [0.15, 0.2) is 0 Å². The molecule has 1 heterocycles. The fourth-order valence-electron chi connectivity index (χ4n) is 3.88. The molecule has 1 saturated carbocycles. The highest BCUT2D eigenvalue weighted by Gasteiger charge is 2.34. The van der Waals surface area contributed by atoms with Crippen LogP contribution in [0, 0.1) is 5.92 Å². The van der Waals surface area contributed by atoms with E-state index in [9.17, 15) is 9.59 Å². The van der Waals surface area contributed by atoms with Crippen molar-refractivity contribution in [2.75, 3.05) is 0 Å². The van der Waals surface area contributed by atoms with Crippen molar-refractivity contribution in [2.24, 2.45) is 5.92 Å². The summed E-state index contributed by atoms with van der Waals surface area (Å²) in [6, 6.07) is 17.8. The molecule has 0 spiro atoms. The number of nitrogens with zero attached hydrogens (tertiary/aromatic N) is 2. The molecule has 1 atom stereocenters. The Balaban J connectivity index is 1.40. The van der Waals surface area contributed by atoms with E-state index in [1.807, 2.05) is 41.3 Å². The molecule has 1 N–H and O–H groups in total. The number of aromatic nitrogens is 2. The van der Waals surface area contributed by atoms with Crippen LogP contribution in [-0.4, -0.2) is 26.8 Å². The summed E-state index contributed by atoms with van der Waals surface area (Å²) in [5.74, 6) is 1.45. The van der Waals surface area contributed by atoms with Gasteiger partial charge in [0.25, 0.3) is 5.56 Å². The van der Waals surface area contributed by atoms with Crippen LogP contribution in [0.15, 0.2) is 59.4 Å². The Hall–Kier alpha value is -2.95. The summed E-state index contributed by atoms with van der Waals surface area (Å²) >= 11 is 0. The lowest BCUT2D eigenvalue weighted by Crippen LogP contribution is -2.39. The second-order valence-electron chi connectivity index (χ2n) is 7.97. The molecule has 4 rings (SSSR count). The molecular formula is C24H27N3O2. The van der Waals surface area contributed by atoms with Crippen LogP contribution in [-0.2, 0) is 17.8 Å². The highest BCUT2D eigenvalue weighted by Crippen LogP contribution is 2.36. The summed E-state index contributed by atoms with van der Waals surface area (Å²) in [6.07, 6.45) is 4.13. The molecule has 1 aliphatic rings. The lowest BCUT2D eigenvalue weighted by atomic mass is 10.1. The number of H-pyrrole nitrogens is 1. The van der Waals surface area contributed by atoms with Crippen molar-refractivity contribution in [3.05, 3.63) is 76.3 Å². The van der Waals surface area contributed by atoms with Crippen molar-refractivity contribution in [2.45, 2.75) is 51.6 Å². The number of carbonyl (C=O) groups excluding carboxylic acids is 1. The SMILES string of the molecule is CC(C1CC1)N(Cc1ccccc1)C(=O)CCCc1nc2ccccc2c(=O)[nH]1. The van der Waals surface area contributed by atoms with Crippen molar-refractivity contribution in [1.29, 1.82) is 0 Å². The molecule has 1 amide bonds. The molecule has 5 nitrogen and oxygen atoms in total. The maximum Gasteiger partial charge on any atom is 0.258 e. The topological polar surface area (TPSA) is 66.1 Å². The number of fused-ring (bicyclic) bond motifs is 1. The van der Waals surface area contributed by atoms with Gasteiger partial charge in [0.1, 0.15) is 5.82 Å². The molecule has 3 aromatic rings. The van der Waals surface area contributed by atoms with Gasteiger partial charge in [0, 0.05) is 25.4 Å². The first-order valence-electron chi connectivity index (χ1n) is 10.4. The van der Waals surface area contributed by atoms with Crippen LogP contribution < -0.4 is 5.56 Å². The Morgan fingerprint density at radius 1 is 1.14 bits per heavy atom. The first-order valence-corrected chi connectivity index (χ1v) is 10.4. The summed E-state index contributed by atoms with van der Waals surface area (Å²) in [4.78, 5) is 34.7. The number of hydrogen-bond acceptors (Lipinski definition) is 3. The molecule has 1 unspecified atom stereocenters. The molecular weight excluding hydrogens is 362 g/mol. The van der Waals surface area contributed by atoms with Crippen LogP contribution in [0.2, 0.25) is 0 Å². The van der Waals surface area contributed by atoms with Crippen molar-refractivity contribution in [1.82, 2.24) is 14.9 Å². The molecule has 5 heteroatoms. The number of hydrogen-bond donors (Lipinski definition) is 1. The van der Waals surface area contributed by atoms with Crippen molar-refractivity contribution >= 4 is 16.8 Å². The molecule has 29 heavy (non-hydrogen) atoms. The standard InChI is InChI=1S/C24H27N3O2/c1-17(19-14-15-19)27(16-18-8-3-2-4-9-18)23(28)13-7-12-22-25-21-11-6-5-10-20(21)24(29)26-22/h2-6,8-11,17,19H,7,12-16H2,1H3,(H,25,26,29). The van der Waals surface area contributed by atoms with Gasteiger partial charge in [-0.3, -0.25) is 9.59 Å². The highest BCUT2D eigenvalue weighted by molar-refractivity contribution is 5.77. The van der Waals surface area contributed by atoms with Gasteiger partial charge >= 0.3 is 0 Å². The van der Waals surface area contributed by atoms with Crippen molar-refractivity contribution in [3.63, 3.8) is 0 Å². The van der Waals surface area contributed by atoms with Gasteiger partial charge in [-0.2, -0.15) is 0 Å². The average molecular weight is 389 g/mol. The van der Waals surface area contributed by atoms with E-state index >= 15 is 0 Å². The van der Waals surface area contributed by atoms with Crippen LogP contribution in [0.4, 0.5) is 0 Å². The first-order chi connectivity index (χ1) is 14.1.